The molecule has 0 amide bonds. The molecule has 0 saturated carbocycles. The van der Waals surface area contributed by atoms with Crippen LogP contribution in [0.25, 0.3) is 0 Å². The standard InChI is InChI=1S/C16H17F2N/c1-11-3-4-13(7-12(11)2)9-19-10-14-5-6-15(17)8-16(14)18/h3-8,19H,9-10H2,1-2H3. The van der Waals surface area contributed by atoms with Crippen LogP contribution in [0.4, 0.5) is 8.78 Å². The molecule has 0 atom stereocenters. The van der Waals surface area contributed by atoms with Crippen LogP contribution in [-0.4, -0.2) is 0 Å². The third kappa shape index (κ3) is 3.61. The van der Waals surface area contributed by atoms with E-state index in [-0.39, 0.29) is 0 Å². The Hall–Kier alpha value is -1.74. The van der Waals surface area contributed by atoms with Crippen LogP contribution in [0.5, 0.6) is 0 Å². The highest BCUT2D eigenvalue weighted by Crippen LogP contribution is 2.11. The van der Waals surface area contributed by atoms with Crippen molar-refractivity contribution in [2.75, 3.05) is 0 Å². The van der Waals surface area contributed by atoms with Gasteiger partial charge in [0.1, 0.15) is 11.6 Å². The molecule has 3 heteroatoms. The molecule has 0 radical (unpaired) electrons. The van der Waals surface area contributed by atoms with E-state index < -0.39 is 11.6 Å². The van der Waals surface area contributed by atoms with E-state index in [9.17, 15) is 8.78 Å². The topological polar surface area (TPSA) is 12.0 Å². The fourth-order valence-electron chi connectivity index (χ4n) is 1.92. The number of halogens is 2. The average molecular weight is 261 g/mol. The number of benzene rings is 2. The molecule has 19 heavy (non-hydrogen) atoms. The molecular weight excluding hydrogens is 244 g/mol. The van der Waals surface area contributed by atoms with Crippen molar-refractivity contribution in [3.63, 3.8) is 0 Å². The Kier molecular flexibility index (Phi) is 4.27. The van der Waals surface area contributed by atoms with Crippen LogP contribution in [0, 0.1) is 25.5 Å². The lowest BCUT2D eigenvalue weighted by molar-refractivity contribution is 0.560. The molecule has 100 valence electrons. The van der Waals surface area contributed by atoms with E-state index in [4.69, 9.17) is 0 Å². The number of nitrogens with one attached hydrogen (secondary N) is 1. The van der Waals surface area contributed by atoms with E-state index in [1.807, 2.05) is 0 Å². The zero-order chi connectivity index (χ0) is 13.8. The van der Waals surface area contributed by atoms with Gasteiger partial charge in [-0.15, -0.1) is 0 Å². The predicted octanol–water partition coefficient (Wildman–Crippen LogP) is 3.87. The summed E-state index contributed by atoms with van der Waals surface area (Å²) in [6.45, 7) is 5.19. The molecular formula is C16H17F2N. The lowest BCUT2D eigenvalue weighted by atomic mass is 10.1. The van der Waals surface area contributed by atoms with Gasteiger partial charge in [-0.3, -0.25) is 0 Å². The third-order valence-corrected chi connectivity index (χ3v) is 3.23. The Labute approximate surface area is 112 Å². The van der Waals surface area contributed by atoms with E-state index in [0.29, 0.717) is 18.7 Å². The second kappa shape index (κ2) is 5.93. The van der Waals surface area contributed by atoms with Gasteiger partial charge in [-0.25, -0.2) is 8.78 Å². The smallest absolute Gasteiger partial charge is 0.130 e. The van der Waals surface area contributed by atoms with Crippen molar-refractivity contribution in [1.29, 1.82) is 0 Å². The Balaban J connectivity index is 1.94. The molecule has 0 aliphatic heterocycles. The number of hydrogen-bond acceptors (Lipinski definition) is 1. The molecule has 0 heterocycles. The van der Waals surface area contributed by atoms with Gasteiger partial charge in [-0.1, -0.05) is 24.3 Å². The molecule has 1 N–H and O–H groups in total. The van der Waals surface area contributed by atoms with Crippen molar-refractivity contribution in [1.82, 2.24) is 5.32 Å². The quantitative estimate of drug-likeness (QED) is 0.881. The van der Waals surface area contributed by atoms with Gasteiger partial charge in [0.25, 0.3) is 0 Å². The lowest BCUT2D eigenvalue weighted by Crippen LogP contribution is -2.14. The van der Waals surface area contributed by atoms with E-state index in [0.717, 1.165) is 11.6 Å². The minimum absolute atomic E-state index is 0.388. The maximum absolute atomic E-state index is 13.4. The molecule has 2 aromatic rings. The highest BCUT2D eigenvalue weighted by molar-refractivity contribution is 5.29. The summed E-state index contributed by atoms with van der Waals surface area (Å²) in [4.78, 5) is 0. The van der Waals surface area contributed by atoms with Crippen molar-refractivity contribution >= 4 is 0 Å². The minimum atomic E-state index is -0.546. The Morgan fingerprint density at radius 1 is 0.895 bits per heavy atom. The second-order valence-electron chi connectivity index (χ2n) is 4.76. The Morgan fingerprint density at radius 2 is 1.68 bits per heavy atom. The first-order valence-electron chi connectivity index (χ1n) is 6.27. The highest BCUT2D eigenvalue weighted by atomic mass is 19.1. The molecule has 0 aliphatic rings. The molecule has 0 unspecified atom stereocenters. The van der Waals surface area contributed by atoms with Crippen molar-refractivity contribution in [2.45, 2.75) is 26.9 Å². The number of rotatable bonds is 4. The molecule has 2 aromatic carbocycles. The van der Waals surface area contributed by atoms with Gasteiger partial charge in [0.2, 0.25) is 0 Å². The predicted molar refractivity (Wildman–Crippen MR) is 72.8 cm³/mol. The van der Waals surface area contributed by atoms with E-state index in [1.54, 1.807) is 0 Å². The summed E-state index contributed by atoms with van der Waals surface area (Å²) in [6.07, 6.45) is 0. The van der Waals surface area contributed by atoms with Gasteiger partial charge in [0.15, 0.2) is 0 Å². The van der Waals surface area contributed by atoms with Crippen molar-refractivity contribution in [3.8, 4) is 0 Å². The normalized spacial score (nSPS) is 10.7. The Morgan fingerprint density at radius 3 is 2.37 bits per heavy atom. The number of aryl methyl sites for hydroxylation is 2. The molecule has 0 bridgehead atoms. The second-order valence-corrected chi connectivity index (χ2v) is 4.76. The van der Waals surface area contributed by atoms with Gasteiger partial charge in [0.05, 0.1) is 0 Å². The largest absolute Gasteiger partial charge is 0.309 e. The third-order valence-electron chi connectivity index (χ3n) is 3.23. The fraction of sp³-hybridized carbons (Fsp3) is 0.250. The number of hydrogen-bond donors (Lipinski definition) is 1. The molecule has 0 saturated heterocycles. The van der Waals surface area contributed by atoms with Gasteiger partial charge < -0.3 is 5.32 Å². The first-order valence-corrected chi connectivity index (χ1v) is 6.27. The summed E-state index contributed by atoms with van der Waals surface area (Å²) in [5.74, 6) is -1.05. The van der Waals surface area contributed by atoms with Gasteiger partial charge >= 0.3 is 0 Å². The van der Waals surface area contributed by atoms with E-state index in [1.165, 1.54) is 23.3 Å². The van der Waals surface area contributed by atoms with Crippen LogP contribution >= 0.6 is 0 Å². The molecule has 0 aromatic heterocycles. The van der Waals surface area contributed by atoms with E-state index in [2.05, 4.69) is 37.4 Å². The lowest BCUT2D eigenvalue weighted by Gasteiger charge is -2.08. The monoisotopic (exact) mass is 261 g/mol. The summed E-state index contributed by atoms with van der Waals surface area (Å²) in [5, 5.41) is 3.16. The first-order chi connectivity index (χ1) is 9.06. The molecule has 1 nitrogen and oxygen atoms in total. The van der Waals surface area contributed by atoms with Gasteiger partial charge in [0, 0.05) is 24.7 Å². The summed E-state index contributed by atoms with van der Waals surface area (Å²) in [5.41, 5.74) is 4.14. The first kappa shape index (κ1) is 13.7. The SMILES string of the molecule is Cc1ccc(CNCc2ccc(F)cc2F)cc1C. The van der Waals surface area contributed by atoms with Crippen LogP contribution in [0.3, 0.4) is 0 Å². The zero-order valence-electron chi connectivity index (χ0n) is 11.1. The van der Waals surface area contributed by atoms with Crippen molar-refractivity contribution in [3.05, 3.63) is 70.3 Å². The van der Waals surface area contributed by atoms with Crippen LogP contribution in [0.15, 0.2) is 36.4 Å². The fourth-order valence-corrected chi connectivity index (χ4v) is 1.92. The van der Waals surface area contributed by atoms with E-state index >= 15 is 0 Å². The van der Waals surface area contributed by atoms with Crippen LogP contribution in [-0.2, 0) is 13.1 Å². The molecule has 0 fully saturated rings. The van der Waals surface area contributed by atoms with Crippen LogP contribution < -0.4 is 5.32 Å². The Bertz CT molecular complexity index is 579. The van der Waals surface area contributed by atoms with Crippen molar-refractivity contribution < 1.29 is 8.78 Å². The summed E-state index contributed by atoms with van der Waals surface area (Å²) in [6, 6.07) is 9.89. The average Bonchev–Trinajstić information content (AvgIpc) is 2.36. The summed E-state index contributed by atoms with van der Waals surface area (Å²) in [7, 11) is 0. The maximum Gasteiger partial charge on any atom is 0.130 e. The van der Waals surface area contributed by atoms with Crippen LogP contribution in [0.2, 0.25) is 0 Å². The van der Waals surface area contributed by atoms with Crippen LogP contribution in [0.1, 0.15) is 22.3 Å². The molecule has 2 rings (SSSR count). The van der Waals surface area contributed by atoms with Gasteiger partial charge in [-0.2, -0.15) is 0 Å². The van der Waals surface area contributed by atoms with Crippen molar-refractivity contribution in [2.24, 2.45) is 0 Å². The minimum Gasteiger partial charge on any atom is -0.309 e. The zero-order valence-corrected chi connectivity index (χ0v) is 11.1. The molecule has 0 spiro atoms. The summed E-state index contributed by atoms with van der Waals surface area (Å²) < 4.78 is 26.2. The molecule has 0 aliphatic carbocycles. The maximum atomic E-state index is 13.4. The highest BCUT2D eigenvalue weighted by Gasteiger charge is 2.03. The van der Waals surface area contributed by atoms with Gasteiger partial charge in [-0.05, 0) is 36.6 Å². The summed E-state index contributed by atoms with van der Waals surface area (Å²) >= 11 is 0.